The summed E-state index contributed by atoms with van der Waals surface area (Å²) >= 11 is 0.230. The van der Waals surface area contributed by atoms with Gasteiger partial charge in [-0.3, -0.25) is 0 Å². The Morgan fingerprint density at radius 3 is 2.62 bits per heavy atom. The number of nitrogens with zero attached hydrogens (tertiary/aromatic N) is 1. The number of aliphatic carboxylic acids is 1. The second-order valence-corrected chi connectivity index (χ2v) is 2.15. The Morgan fingerprint density at radius 1 is 1.88 bits per heavy atom. The molecule has 0 amide bonds. The van der Waals surface area contributed by atoms with Crippen molar-refractivity contribution < 1.29 is 18.1 Å². The highest BCUT2D eigenvalue weighted by Crippen LogP contribution is 2.06. The molecule has 1 unspecified atom stereocenters. The minimum atomic E-state index is -0.909. The molecular formula is C3H4NO3S+. The highest BCUT2D eigenvalue weighted by atomic mass is 32.1. The van der Waals surface area contributed by atoms with Crippen LogP contribution in [-0.4, -0.2) is 31.8 Å². The molecule has 1 fully saturated rings. The molecule has 0 radical (unpaired) electrons. The lowest BCUT2D eigenvalue weighted by Gasteiger charge is -1.67. The number of carbonyl (C=O) groups is 1. The van der Waals surface area contributed by atoms with E-state index in [-0.39, 0.29) is 11.5 Å². The number of carboxylic acids is 1. The van der Waals surface area contributed by atoms with Gasteiger partial charge in [0, 0.05) is 0 Å². The van der Waals surface area contributed by atoms with Crippen LogP contribution in [0.25, 0.3) is 0 Å². The van der Waals surface area contributed by atoms with Crippen molar-refractivity contribution in [3.05, 3.63) is 0 Å². The lowest BCUT2D eigenvalue weighted by atomic mass is 10.5. The summed E-state index contributed by atoms with van der Waals surface area (Å²) in [5, 5.41) is 8.16. The van der Waals surface area contributed by atoms with Crippen molar-refractivity contribution >= 4 is 17.4 Å². The fraction of sp³-hybridized carbons (Fsp3) is 0.667. The summed E-state index contributed by atoms with van der Waals surface area (Å²) in [5.74, 6) is -0.909. The molecule has 1 atom stereocenters. The summed E-state index contributed by atoms with van der Waals surface area (Å²) in [4.78, 5) is 9.94. The van der Waals surface area contributed by atoms with Crippen molar-refractivity contribution in [2.75, 3.05) is 6.54 Å². The summed E-state index contributed by atoms with van der Waals surface area (Å²) in [6.07, 6.45) is 0. The van der Waals surface area contributed by atoms with Crippen molar-refractivity contribution in [2.24, 2.45) is 0 Å². The van der Waals surface area contributed by atoms with E-state index in [1.807, 2.05) is 0 Å². The largest absolute Gasteiger partial charge is 0.476 e. The van der Waals surface area contributed by atoms with Gasteiger partial charge in [-0.05, 0) is 0 Å². The van der Waals surface area contributed by atoms with Crippen LogP contribution >= 0.6 is 0 Å². The third-order valence-corrected chi connectivity index (χ3v) is 1.54. The van der Waals surface area contributed by atoms with E-state index in [1.54, 1.807) is 0 Å². The number of rotatable bonds is 1. The minimum absolute atomic E-state index is 0.230. The molecule has 1 heterocycles. The summed E-state index contributed by atoms with van der Waals surface area (Å²) < 4.78 is 11.0. The Morgan fingerprint density at radius 2 is 2.50 bits per heavy atom. The van der Waals surface area contributed by atoms with E-state index in [4.69, 9.17) is 5.11 Å². The summed E-state index contributed by atoms with van der Waals surface area (Å²) in [7, 11) is 0. The fourth-order valence-electron chi connectivity index (χ4n) is 0.407. The van der Waals surface area contributed by atoms with Gasteiger partial charge in [0.1, 0.15) is 0 Å². The summed E-state index contributed by atoms with van der Waals surface area (Å²) in [5.41, 5.74) is 0. The van der Waals surface area contributed by atoms with Gasteiger partial charge in [0.25, 0.3) is 0 Å². The predicted octanol–water partition coefficient (Wildman–Crippen LogP) is -1.14. The zero-order valence-corrected chi connectivity index (χ0v) is 4.72. The van der Waals surface area contributed by atoms with Crippen LogP contribution in [0.3, 0.4) is 0 Å². The Balaban J connectivity index is 2.61. The van der Waals surface area contributed by atoms with Crippen LogP contribution < -0.4 is 0 Å². The van der Waals surface area contributed by atoms with Crippen LogP contribution in [0.4, 0.5) is 0 Å². The second kappa shape index (κ2) is 1.66. The van der Waals surface area contributed by atoms with Crippen LogP contribution in [0.1, 0.15) is 0 Å². The average Bonchev–Trinajstić information content (AvgIpc) is 2.42. The highest BCUT2D eigenvalue weighted by Gasteiger charge is 2.49. The SMILES string of the molecule is O=S=[N+]1CC1C(=O)O. The molecule has 0 aromatic heterocycles. The standard InChI is InChI=1S/C3H3NO3S/c5-3(6)2-1-4(2)8-7/h2H,1H2/p+1. The molecule has 1 aliphatic heterocycles. The van der Waals surface area contributed by atoms with E-state index in [2.05, 4.69) is 0 Å². The van der Waals surface area contributed by atoms with Crippen LogP contribution in [0.5, 0.6) is 0 Å². The quantitative estimate of drug-likeness (QED) is 0.364. The van der Waals surface area contributed by atoms with E-state index < -0.39 is 12.0 Å². The highest BCUT2D eigenvalue weighted by molar-refractivity contribution is 7.51. The molecule has 44 valence electrons. The molecule has 1 aliphatic rings. The molecule has 0 aliphatic carbocycles. The molecule has 0 bridgehead atoms. The molecule has 1 saturated heterocycles. The first-order chi connectivity index (χ1) is 3.75. The molecule has 8 heavy (non-hydrogen) atoms. The number of hydrogen-bond donors (Lipinski definition) is 1. The van der Waals surface area contributed by atoms with Gasteiger partial charge in [0.2, 0.25) is 6.54 Å². The van der Waals surface area contributed by atoms with E-state index in [1.165, 1.54) is 3.95 Å². The van der Waals surface area contributed by atoms with Crippen molar-refractivity contribution in [1.82, 2.24) is 0 Å². The molecule has 1 N–H and O–H groups in total. The fourth-order valence-corrected chi connectivity index (χ4v) is 0.803. The smallest absolute Gasteiger partial charge is 0.381 e. The average molecular weight is 134 g/mol. The Kier molecular flexibility index (Phi) is 1.13. The molecular weight excluding hydrogens is 130 g/mol. The van der Waals surface area contributed by atoms with Gasteiger partial charge >= 0.3 is 23.5 Å². The maximum Gasteiger partial charge on any atom is 0.381 e. The van der Waals surface area contributed by atoms with E-state index in [0.29, 0.717) is 6.54 Å². The van der Waals surface area contributed by atoms with E-state index >= 15 is 0 Å². The van der Waals surface area contributed by atoms with Crippen LogP contribution in [0, 0.1) is 0 Å². The lowest BCUT2D eigenvalue weighted by Crippen LogP contribution is -2.05. The topological polar surface area (TPSA) is 57.4 Å². The Labute approximate surface area is 49.0 Å². The van der Waals surface area contributed by atoms with Crippen LogP contribution in [-0.2, 0) is 16.3 Å². The van der Waals surface area contributed by atoms with Crippen LogP contribution in [0.2, 0.25) is 0 Å². The van der Waals surface area contributed by atoms with Gasteiger partial charge in [0.05, 0.1) is 0 Å². The van der Waals surface area contributed by atoms with Gasteiger partial charge in [0.15, 0.2) is 0 Å². The first kappa shape index (κ1) is 5.43. The third kappa shape index (κ3) is 0.764. The molecule has 4 nitrogen and oxygen atoms in total. The molecule has 0 saturated carbocycles. The zero-order valence-electron chi connectivity index (χ0n) is 3.90. The molecule has 5 heteroatoms. The van der Waals surface area contributed by atoms with Crippen molar-refractivity contribution in [3.63, 3.8) is 0 Å². The first-order valence-corrected chi connectivity index (χ1v) is 2.75. The minimum Gasteiger partial charge on any atom is -0.476 e. The maximum absolute atomic E-state index is 9.94. The molecule has 0 aromatic carbocycles. The monoisotopic (exact) mass is 134 g/mol. The molecule has 0 aromatic rings. The molecule has 1 rings (SSSR count). The Hall–Kier alpha value is -0.710. The van der Waals surface area contributed by atoms with Gasteiger partial charge in [-0.1, -0.05) is 0 Å². The van der Waals surface area contributed by atoms with Gasteiger partial charge in [-0.25, -0.2) is 4.79 Å². The second-order valence-electron chi connectivity index (χ2n) is 1.53. The number of carboxylic acid groups (broad SMARTS) is 1. The first-order valence-electron chi connectivity index (χ1n) is 2.05. The third-order valence-electron chi connectivity index (χ3n) is 0.948. The van der Waals surface area contributed by atoms with Crippen LogP contribution in [0.15, 0.2) is 0 Å². The summed E-state index contributed by atoms with van der Waals surface area (Å²) in [6, 6.07) is -0.516. The van der Waals surface area contributed by atoms with E-state index in [0.717, 1.165) is 0 Å². The molecule has 0 spiro atoms. The predicted molar refractivity (Wildman–Crippen MR) is 24.7 cm³/mol. The van der Waals surface area contributed by atoms with Gasteiger partial charge < -0.3 is 5.11 Å². The Bertz CT molecular complexity index is 183. The maximum atomic E-state index is 9.94. The van der Waals surface area contributed by atoms with Crippen molar-refractivity contribution in [3.8, 4) is 0 Å². The van der Waals surface area contributed by atoms with E-state index in [9.17, 15) is 9.00 Å². The number of hydrogen-bond acceptors (Lipinski definition) is 2. The summed E-state index contributed by atoms with van der Waals surface area (Å²) in [6.45, 7) is 0.392. The zero-order chi connectivity index (χ0) is 6.15. The van der Waals surface area contributed by atoms with Gasteiger partial charge in [-0.15, -0.1) is 8.15 Å². The van der Waals surface area contributed by atoms with Crippen molar-refractivity contribution in [1.29, 1.82) is 0 Å². The van der Waals surface area contributed by atoms with Crippen molar-refractivity contribution in [2.45, 2.75) is 6.04 Å². The normalized spacial score (nSPS) is 25.0. The lowest BCUT2D eigenvalue weighted by molar-refractivity contribution is -0.324. The van der Waals surface area contributed by atoms with Gasteiger partial charge in [-0.2, -0.15) is 0 Å².